The normalized spacial score (nSPS) is 19.1. The average Bonchev–Trinajstić information content (AvgIpc) is 3.38. The Morgan fingerprint density at radius 3 is 1.08 bits per heavy atom. The van der Waals surface area contributed by atoms with Crippen LogP contribution in [0.1, 0.15) is 328 Å². The van der Waals surface area contributed by atoms with Gasteiger partial charge in [-0.05, 0) is 19.3 Å². The molecule has 1 rings (SSSR count). The first-order chi connectivity index (χ1) is 35.3. The third-order valence-electron chi connectivity index (χ3n) is 15.6. The van der Waals surface area contributed by atoms with E-state index in [4.69, 9.17) is 9.47 Å². The van der Waals surface area contributed by atoms with E-state index < -0.39 is 49.5 Å². The fourth-order valence-corrected chi connectivity index (χ4v) is 10.6. The van der Waals surface area contributed by atoms with Gasteiger partial charge in [-0.2, -0.15) is 0 Å². The van der Waals surface area contributed by atoms with Gasteiger partial charge in [-0.1, -0.05) is 315 Å². The highest BCUT2D eigenvalue weighted by molar-refractivity contribution is 5.76. The second-order valence-electron chi connectivity index (χ2n) is 22.6. The smallest absolute Gasteiger partial charge is 0.220 e. The van der Waals surface area contributed by atoms with Crippen molar-refractivity contribution in [1.29, 1.82) is 0 Å². The lowest BCUT2D eigenvalue weighted by atomic mass is 9.99. The largest absolute Gasteiger partial charge is 0.394 e. The number of carbonyl (C=O) groups is 1. The average molecular weight is 1020 g/mol. The number of ether oxygens (including phenoxy) is 2. The molecule has 6 N–H and O–H groups in total. The summed E-state index contributed by atoms with van der Waals surface area (Å²) in [6.45, 7) is 3.76. The van der Waals surface area contributed by atoms with Crippen LogP contribution < -0.4 is 5.32 Å². The van der Waals surface area contributed by atoms with Crippen molar-refractivity contribution in [2.24, 2.45) is 0 Å². The second kappa shape index (κ2) is 53.3. The number of rotatable bonds is 56. The topological polar surface area (TPSA) is 149 Å². The summed E-state index contributed by atoms with van der Waals surface area (Å²) in [5.41, 5.74) is 0. The lowest BCUT2D eigenvalue weighted by molar-refractivity contribution is -0.302. The molecule has 9 heteroatoms. The molecule has 1 fully saturated rings. The van der Waals surface area contributed by atoms with Crippen molar-refractivity contribution in [3.8, 4) is 0 Å². The highest BCUT2D eigenvalue weighted by Crippen LogP contribution is 2.23. The molecule has 0 radical (unpaired) electrons. The summed E-state index contributed by atoms with van der Waals surface area (Å²) in [5.74, 6) is -0.174. The number of allylic oxidation sites excluding steroid dienone is 1. The zero-order chi connectivity index (χ0) is 52.2. The molecule has 0 aliphatic carbocycles. The summed E-state index contributed by atoms with van der Waals surface area (Å²) in [4.78, 5) is 13.0. The van der Waals surface area contributed by atoms with Gasteiger partial charge in [-0.25, -0.2) is 0 Å². The summed E-state index contributed by atoms with van der Waals surface area (Å²) in [6.07, 6.45) is 60.9. The summed E-state index contributed by atoms with van der Waals surface area (Å²) in [7, 11) is 0. The Morgan fingerprint density at radius 2 is 0.764 bits per heavy atom. The molecule has 9 nitrogen and oxygen atoms in total. The van der Waals surface area contributed by atoms with Gasteiger partial charge in [0, 0.05) is 6.42 Å². The van der Waals surface area contributed by atoms with Crippen LogP contribution in [0.25, 0.3) is 0 Å². The fourth-order valence-electron chi connectivity index (χ4n) is 10.6. The molecule has 72 heavy (non-hydrogen) atoms. The van der Waals surface area contributed by atoms with Gasteiger partial charge >= 0.3 is 0 Å². The van der Waals surface area contributed by atoms with Crippen molar-refractivity contribution in [2.45, 2.75) is 371 Å². The minimum Gasteiger partial charge on any atom is -0.394 e. The van der Waals surface area contributed by atoms with Gasteiger partial charge in [-0.3, -0.25) is 4.79 Å². The van der Waals surface area contributed by atoms with Gasteiger partial charge in [0.05, 0.1) is 25.4 Å². The summed E-state index contributed by atoms with van der Waals surface area (Å²) in [6, 6.07) is -0.798. The molecule has 1 amide bonds. The van der Waals surface area contributed by atoms with Crippen LogP contribution in [-0.4, -0.2) is 87.5 Å². The molecule has 428 valence electrons. The Bertz CT molecular complexity index is 1140. The number of aliphatic hydroxyl groups excluding tert-OH is 5. The number of nitrogens with one attached hydrogen (secondary N) is 1. The molecule has 0 saturated carbocycles. The maximum absolute atomic E-state index is 13.0. The van der Waals surface area contributed by atoms with Crippen LogP contribution >= 0.6 is 0 Å². The first-order valence-electron chi connectivity index (χ1n) is 31.9. The van der Waals surface area contributed by atoms with Crippen LogP contribution in [0.5, 0.6) is 0 Å². The van der Waals surface area contributed by atoms with E-state index in [1.165, 1.54) is 270 Å². The van der Waals surface area contributed by atoms with Gasteiger partial charge in [0.25, 0.3) is 0 Å². The predicted molar refractivity (Wildman–Crippen MR) is 304 cm³/mol. The molecule has 7 unspecified atom stereocenters. The summed E-state index contributed by atoms with van der Waals surface area (Å²) >= 11 is 0. The quantitative estimate of drug-likeness (QED) is 0.0261. The lowest BCUT2D eigenvalue weighted by Gasteiger charge is -2.40. The minimum atomic E-state index is -1.56. The van der Waals surface area contributed by atoms with Crippen molar-refractivity contribution in [3.05, 3.63) is 12.2 Å². The minimum absolute atomic E-state index is 0.174. The van der Waals surface area contributed by atoms with Crippen LogP contribution in [-0.2, 0) is 14.3 Å². The number of hydrogen-bond donors (Lipinski definition) is 6. The van der Waals surface area contributed by atoms with Crippen LogP contribution in [0.15, 0.2) is 12.2 Å². The molecule has 1 heterocycles. The third kappa shape index (κ3) is 42.1. The van der Waals surface area contributed by atoms with Gasteiger partial charge in [-0.15, -0.1) is 0 Å². The first-order valence-corrected chi connectivity index (χ1v) is 31.9. The number of unbranched alkanes of at least 4 members (excludes halogenated alkanes) is 46. The highest BCUT2D eigenvalue weighted by atomic mass is 16.7. The third-order valence-corrected chi connectivity index (χ3v) is 15.6. The second-order valence-corrected chi connectivity index (χ2v) is 22.6. The lowest BCUT2D eigenvalue weighted by Crippen LogP contribution is -2.60. The van der Waals surface area contributed by atoms with E-state index in [1.807, 2.05) is 6.08 Å². The van der Waals surface area contributed by atoms with Crippen molar-refractivity contribution >= 4 is 5.91 Å². The van der Waals surface area contributed by atoms with Crippen LogP contribution in [0.3, 0.4) is 0 Å². The van der Waals surface area contributed by atoms with Crippen LogP contribution in [0.2, 0.25) is 0 Å². The van der Waals surface area contributed by atoms with E-state index in [0.717, 1.165) is 38.5 Å². The Kier molecular flexibility index (Phi) is 51.1. The van der Waals surface area contributed by atoms with E-state index in [2.05, 4.69) is 19.2 Å². The van der Waals surface area contributed by atoms with E-state index >= 15 is 0 Å². The number of aliphatic hydroxyl groups is 5. The Balaban J connectivity index is 1.93. The fraction of sp³-hybridized carbons (Fsp3) is 0.952. The Hall–Kier alpha value is -1.07. The van der Waals surface area contributed by atoms with Crippen molar-refractivity contribution in [2.75, 3.05) is 13.2 Å². The van der Waals surface area contributed by atoms with E-state index in [-0.39, 0.29) is 12.5 Å². The van der Waals surface area contributed by atoms with Gasteiger partial charge in [0.15, 0.2) is 6.29 Å². The predicted octanol–water partition coefficient (Wildman–Crippen LogP) is 16.4. The van der Waals surface area contributed by atoms with Crippen molar-refractivity contribution in [3.63, 3.8) is 0 Å². The maximum atomic E-state index is 13.0. The molecular weight excluding hydrogens is 899 g/mol. The molecular formula is C63H123NO8. The van der Waals surface area contributed by atoms with E-state index in [9.17, 15) is 30.3 Å². The van der Waals surface area contributed by atoms with Gasteiger partial charge in [0.1, 0.15) is 24.4 Å². The highest BCUT2D eigenvalue weighted by Gasteiger charge is 2.44. The van der Waals surface area contributed by atoms with E-state index in [1.54, 1.807) is 6.08 Å². The number of amides is 1. The molecule has 7 atom stereocenters. The SMILES string of the molecule is CCCCCCCC/C=C/C(O)C(COC1OC(CO)C(O)C(O)C1O)NC(=O)CCCCCCCCCCCCCCCCCCCCCCCCCCCCCCCCCCCCCCCCCCC. The maximum Gasteiger partial charge on any atom is 0.220 e. The number of hydrogen-bond acceptors (Lipinski definition) is 8. The molecule has 1 aliphatic heterocycles. The Morgan fingerprint density at radius 1 is 0.458 bits per heavy atom. The molecule has 0 bridgehead atoms. The van der Waals surface area contributed by atoms with E-state index in [0.29, 0.717) is 6.42 Å². The van der Waals surface area contributed by atoms with Crippen molar-refractivity contribution in [1.82, 2.24) is 5.32 Å². The molecule has 0 aromatic carbocycles. The van der Waals surface area contributed by atoms with Crippen molar-refractivity contribution < 1.29 is 39.8 Å². The van der Waals surface area contributed by atoms with Gasteiger partial charge < -0.3 is 40.3 Å². The molecule has 1 saturated heterocycles. The molecule has 1 aliphatic rings. The number of carbonyl (C=O) groups excluding carboxylic acids is 1. The molecule has 0 aromatic heterocycles. The first kappa shape index (κ1) is 68.9. The molecule has 0 aromatic rings. The zero-order valence-corrected chi connectivity index (χ0v) is 47.7. The summed E-state index contributed by atoms with van der Waals surface area (Å²) < 4.78 is 11.2. The standard InChI is InChI=1S/C63H123NO8/c1-3-5-7-9-11-13-14-15-16-17-18-19-20-21-22-23-24-25-26-27-28-29-30-31-32-33-34-35-36-37-38-39-40-41-42-43-44-45-47-49-51-53-59(67)64-56(57(66)52-50-48-46-12-10-8-6-4-2)55-71-63-62(70)61(69)60(68)58(54-65)72-63/h50,52,56-58,60-63,65-66,68-70H,3-49,51,53-55H2,1-2H3,(H,64,67)/b52-50+. The van der Waals surface area contributed by atoms with Crippen LogP contribution in [0, 0.1) is 0 Å². The monoisotopic (exact) mass is 1020 g/mol. The Labute approximate surface area is 446 Å². The zero-order valence-electron chi connectivity index (χ0n) is 47.7. The van der Waals surface area contributed by atoms with Crippen LogP contribution in [0.4, 0.5) is 0 Å². The molecule has 0 spiro atoms. The summed E-state index contributed by atoms with van der Waals surface area (Å²) in [5, 5.41) is 54.2. The van der Waals surface area contributed by atoms with Gasteiger partial charge in [0.2, 0.25) is 5.91 Å².